The number of ether oxygens (including phenoxy) is 1. The van der Waals surface area contributed by atoms with Crippen molar-refractivity contribution in [1.82, 2.24) is 0 Å². The fourth-order valence-corrected chi connectivity index (χ4v) is 3.66. The van der Waals surface area contributed by atoms with Crippen LogP contribution in [0.5, 0.6) is 0 Å². The van der Waals surface area contributed by atoms with Gasteiger partial charge in [-0.15, -0.1) is 12.4 Å². The minimum absolute atomic E-state index is 0. The Labute approximate surface area is 160 Å². The third-order valence-corrected chi connectivity index (χ3v) is 5.21. The van der Waals surface area contributed by atoms with E-state index in [1.54, 1.807) is 24.3 Å². The van der Waals surface area contributed by atoms with Crippen LogP contribution < -0.4 is 16.4 Å². The van der Waals surface area contributed by atoms with Crippen molar-refractivity contribution in [3.8, 4) is 0 Å². The molecule has 1 saturated carbocycles. The lowest BCUT2D eigenvalue weighted by molar-refractivity contribution is -0.125. The van der Waals surface area contributed by atoms with Crippen LogP contribution in [-0.2, 0) is 14.3 Å². The van der Waals surface area contributed by atoms with E-state index in [-0.39, 0.29) is 36.2 Å². The molecule has 1 aromatic rings. The van der Waals surface area contributed by atoms with Gasteiger partial charge in [-0.1, -0.05) is 12.8 Å². The maximum absolute atomic E-state index is 12.5. The van der Waals surface area contributed by atoms with Crippen molar-refractivity contribution in [3.05, 3.63) is 24.3 Å². The molecule has 3 unspecified atom stereocenters. The summed E-state index contributed by atoms with van der Waals surface area (Å²) >= 11 is 0. The number of carbonyl (C=O) groups is 2. The summed E-state index contributed by atoms with van der Waals surface area (Å²) in [6.45, 7) is 2.60. The first-order valence-electron chi connectivity index (χ1n) is 9.08. The predicted octanol–water partition coefficient (Wildman–Crippen LogP) is 3.07. The molecular weight excluding hydrogens is 354 g/mol. The summed E-state index contributed by atoms with van der Waals surface area (Å²) in [7, 11) is 0. The molecule has 1 aliphatic heterocycles. The molecule has 2 amide bonds. The van der Waals surface area contributed by atoms with Gasteiger partial charge >= 0.3 is 0 Å². The number of nitrogens with one attached hydrogen (secondary N) is 2. The van der Waals surface area contributed by atoms with E-state index in [1.165, 1.54) is 0 Å². The molecule has 1 aromatic carbocycles. The number of halogens is 1. The summed E-state index contributed by atoms with van der Waals surface area (Å²) in [5.41, 5.74) is 7.25. The fourth-order valence-electron chi connectivity index (χ4n) is 3.66. The molecular formula is C19H28ClN3O3. The van der Waals surface area contributed by atoms with Crippen LogP contribution in [0.15, 0.2) is 24.3 Å². The van der Waals surface area contributed by atoms with Crippen molar-refractivity contribution in [2.45, 2.75) is 57.1 Å². The van der Waals surface area contributed by atoms with Crippen molar-refractivity contribution in [2.24, 2.45) is 11.7 Å². The molecule has 0 radical (unpaired) electrons. The highest BCUT2D eigenvalue weighted by Gasteiger charge is 2.37. The number of carbonyl (C=O) groups excluding carboxylic acids is 2. The van der Waals surface area contributed by atoms with Gasteiger partial charge in [-0.25, -0.2) is 0 Å². The third-order valence-electron chi connectivity index (χ3n) is 5.21. The van der Waals surface area contributed by atoms with E-state index in [4.69, 9.17) is 10.5 Å². The lowest BCUT2D eigenvalue weighted by atomic mass is 9.74. The Hall–Kier alpha value is -1.63. The van der Waals surface area contributed by atoms with Crippen LogP contribution in [0.1, 0.15) is 45.4 Å². The minimum atomic E-state index is -0.447. The standard InChI is InChI=1S/C19H27N3O3.ClH/c1-19(20)11-3-2-5-15(19)17(23)21-13-7-9-14(10-8-13)22-18(24)16-6-4-12-25-16;/h7-10,15-16H,2-6,11-12,20H2,1H3,(H,21,23)(H,22,24);1H. The molecule has 0 bridgehead atoms. The van der Waals surface area contributed by atoms with Gasteiger partial charge in [-0.05, 0) is 56.9 Å². The molecule has 0 aromatic heterocycles. The van der Waals surface area contributed by atoms with Crippen LogP contribution in [-0.4, -0.2) is 30.1 Å². The van der Waals surface area contributed by atoms with E-state index in [9.17, 15) is 9.59 Å². The van der Waals surface area contributed by atoms with Crippen LogP contribution >= 0.6 is 12.4 Å². The molecule has 26 heavy (non-hydrogen) atoms. The zero-order valence-corrected chi connectivity index (χ0v) is 15.9. The zero-order chi connectivity index (χ0) is 17.9. The normalized spacial score (nSPS) is 28.1. The summed E-state index contributed by atoms with van der Waals surface area (Å²) in [5, 5.41) is 5.79. The van der Waals surface area contributed by atoms with Gasteiger partial charge in [0, 0.05) is 23.5 Å². The molecule has 1 aliphatic carbocycles. The van der Waals surface area contributed by atoms with E-state index in [0.717, 1.165) is 38.5 Å². The second-order valence-electron chi connectivity index (χ2n) is 7.36. The predicted molar refractivity (Wildman–Crippen MR) is 104 cm³/mol. The minimum Gasteiger partial charge on any atom is -0.368 e. The van der Waals surface area contributed by atoms with Crippen molar-refractivity contribution >= 4 is 35.6 Å². The molecule has 1 saturated heterocycles. The van der Waals surface area contributed by atoms with Crippen LogP contribution in [0.2, 0.25) is 0 Å². The van der Waals surface area contributed by atoms with Gasteiger partial charge in [0.15, 0.2) is 0 Å². The summed E-state index contributed by atoms with van der Waals surface area (Å²) in [5.74, 6) is -0.309. The highest BCUT2D eigenvalue weighted by Crippen LogP contribution is 2.32. The summed E-state index contributed by atoms with van der Waals surface area (Å²) in [4.78, 5) is 24.6. The average molecular weight is 382 g/mol. The zero-order valence-electron chi connectivity index (χ0n) is 15.1. The maximum Gasteiger partial charge on any atom is 0.253 e. The topological polar surface area (TPSA) is 93.5 Å². The molecule has 0 spiro atoms. The van der Waals surface area contributed by atoms with Gasteiger partial charge < -0.3 is 21.1 Å². The number of benzene rings is 1. The quantitative estimate of drug-likeness (QED) is 0.747. The molecule has 1 heterocycles. The summed E-state index contributed by atoms with van der Waals surface area (Å²) < 4.78 is 5.37. The van der Waals surface area contributed by atoms with Crippen LogP contribution in [0.4, 0.5) is 11.4 Å². The highest BCUT2D eigenvalue weighted by atomic mass is 35.5. The average Bonchev–Trinajstić information content (AvgIpc) is 3.11. The van der Waals surface area contributed by atoms with Gasteiger partial charge in [0.25, 0.3) is 5.91 Å². The number of anilines is 2. The van der Waals surface area contributed by atoms with Crippen LogP contribution in [0, 0.1) is 5.92 Å². The Morgan fingerprint density at radius 3 is 2.19 bits per heavy atom. The van der Waals surface area contributed by atoms with E-state index >= 15 is 0 Å². The second kappa shape index (κ2) is 8.84. The van der Waals surface area contributed by atoms with E-state index in [0.29, 0.717) is 18.0 Å². The van der Waals surface area contributed by atoms with E-state index in [2.05, 4.69) is 10.6 Å². The Kier molecular flexibility index (Phi) is 7.03. The van der Waals surface area contributed by atoms with Gasteiger partial charge in [0.05, 0.1) is 5.92 Å². The smallest absolute Gasteiger partial charge is 0.253 e. The molecule has 2 aliphatic rings. The number of hydrogen-bond acceptors (Lipinski definition) is 4. The Balaban J connectivity index is 0.00000243. The van der Waals surface area contributed by atoms with Gasteiger partial charge in [0.2, 0.25) is 5.91 Å². The van der Waals surface area contributed by atoms with Crippen LogP contribution in [0.3, 0.4) is 0 Å². The van der Waals surface area contributed by atoms with Gasteiger partial charge in [-0.2, -0.15) is 0 Å². The molecule has 2 fully saturated rings. The highest BCUT2D eigenvalue weighted by molar-refractivity contribution is 5.96. The maximum atomic E-state index is 12.5. The lowest BCUT2D eigenvalue weighted by Gasteiger charge is -2.37. The van der Waals surface area contributed by atoms with E-state index in [1.807, 2.05) is 6.92 Å². The largest absolute Gasteiger partial charge is 0.368 e. The molecule has 7 heteroatoms. The Morgan fingerprint density at radius 2 is 1.65 bits per heavy atom. The van der Waals surface area contributed by atoms with Crippen molar-refractivity contribution < 1.29 is 14.3 Å². The monoisotopic (exact) mass is 381 g/mol. The molecule has 4 N–H and O–H groups in total. The Bertz CT molecular complexity index is 627. The fraction of sp³-hybridized carbons (Fsp3) is 0.579. The van der Waals surface area contributed by atoms with Crippen molar-refractivity contribution in [2.75, 3.05) is 17.2 Å². The number of amides is 2. The van der Waals surface area contributed by atoms with Crippen molar-refractivity contribution in [1.29, 1.82) is 0 Å². The first kappa shape index (κ1) is 20.7. The summed E-state index contributed by atoms with van der Waals surface area (Å²) in [6, 6.07) is 7.15. The molecule has 144 valence electrons. The second-order valence-corrected chi connectivity index (χ2v) is 7.36. The SMILES string of the molecule is CC1(N)CCCCC1C(=O)Nc1ccc(NC(=O)C2CCCO2)cc1.Cl. The number of hydrogen-bond donors (Lipinski definition) is 3. The van der Waals surface area contributed by atoms with Crippen LogP contribution in [0.25, 0.3) is 0 Å². The first-order valence-corrected chi connectivity index (χ1v) is 9.08. The van der Waals surface area contributed by atoms with Gasteiger partial charge in [-0.3, -0.25) is 9.59 Å². The molecule has 3 rings (SSSR count). The molecule has 3 atom stereocenters. The summed E-state index contributed by atoms with van der Waals surface area (Å²) in [6.07, 6.45) is 5.15. The molecule has 6 nitrogen and oxygen atoms in total. The van der Waals surface area contributed by atoms with Gasteiger partial charge in [0.1, 0.15) is 6.10 Å². The lowest BCUT2D eigenvalue weighted by Crippen LogP contribution is -2.51. The first-order chi connectivity index (χ1) is 12.0. The number of nitrogens with two attached hydrogens (primary N) is 1. The Morgan fingerprint density at radius 1 is 1.04 bits per heavy atom. The van der Waals surface area contributed by atoms with E-state index < -0.39 is 5.54 Å². The van der Waals surface area contributed by atoms with Crippen molar-refractivity contribution in [3.63, 3.8) is 0 Å². The number of rotatable bonds is 4. The third kappa shape index (κ3) is 4.96.